The molecular formula is C11H12N4O6S3. The van der Waals surface area contributed by atoms with Crippen LogP contribution in [0.4, 0.5) is 5.13 Å². The predicted octanol–water partition coefficient (Wildman–Crippen LogP) is -0.392. The van der Waals surface area contributed by atoms with Crippen molar-refractivity contribution in [2.24, 2.45) is 5.16 Å². The van der Waals surface area contributed by atoms with Crippen LogP contribution >= 0.6 is 23.6 Å². The molecular weight excluding hydrogens is 380 g/mol. The number of amides is 1. The molecule has 1 aromatic rings. The number of hydrogen-bond donors (Lipinski definition) is 1. The van der Waals surface area contributed by atoms with Gasteiger partial charge in [0.05, 0.1) is 19.4 Å². The van der Waals surface area contributed by atoms with Crippen molar-refractivity contribution < 1.29 is 27.0 Å². The molecule has 0 radical (unpaired) electrons. The van der Waals surface area contributed by atoms with E-state index in [0.717, 1.165) is 17.6 Å². The zero-order valence-corrected chi connectivity index (χ0v) is 15.0. The van der Waals surface area contributed by atoms with Crippen molar-refractivity contribution in [3.8, 4) is 0 Å². The summed E-state index contributed by atoms with van der Waals surface area (Å²) < 4.78 is 31.2. The first-order chi connectivity index (χ1) is 11.2. The second-order valence-corrected chi connectivity index (χ2v) is 7.12. The van der Waals surface area contributed by atoms with E-state index in [1.54, 1.807) is 6.92 Å². The Bertz CT molecular complexity index is 799. The number of esters is 1. The number of hydrogen-bond acceptors (Lipinski definition) is 10. The summed E-state index contributed by atoms with van der Waals surface area (Å²) in [5.74, 6) is -1.21. The van der Waals surface area contributed by atoms with Gasteiger partial charge in [0.25, 0.3) is 5.91 Å². The van der Waals surface area contributed by atoms with Crippen molar-refractivity contribution in [2.45, 2.75) is 6.92 Å². The Morgan fingerprint density at radius 3 is 2.83 bits per heavy atom. The van der Waals surface area contributed by atoms with Crippen molar-refractivity contribution >= 4 is 61.5 Å². The number of ether oxygens (including phenoxy) is 1. The molecule has 1 saturated heterocycles. The number of oxime groups is 1. The number of carbonyl (C=O) groups excluding carboxylic acids is 2. The van der Waals surface area contributed by atoms with Gasteiger partial charge in [-0.25, -0.2) is 14.7 Å². The molecule has 10 nitrogen and oxygen atoms in total. The molecule has 130 valence electrons. The lowest BCUT2D eigenvalue weighted by atomic mass is 10.3. The van der Waals surface area contributed by atoms with Gasteiger partial charge in [-0.15, -0.1) is 11.3 Å². The Balaban J connectivity index is 2.35. The lowest BCUT2D eigenvalue weighted by Gasteiger charge is -2.09. The number of thiazole rings is 1. The van der Waals surface area contributed by atoms with Crippen LogP contribution in [0.15, 0.2) is 10.5 Å². The third-order valence-corrected chi connectivity index (χ3v) is 4.00. The minimum Gasteiger partial charge on any atom is -0.461 e. The molecule has 0 aliphatic carbocycles. The van der Waals surface area contributed by atoms with Gasteiger partial charge in [-0.05, 0) is 19.1 Å². The molecule has 2 rings (SSSR count). The summed E-state index contributed by atoms with van der Waals surface area (Å²) in [5.41, 5.74) is -0.435. The Labute approximate surface area is 146 Å². The summed E-state index contributed by atoms with van der Waals surface area (Å²) in [6.45, 7) is 1.67. The van der Waals surface area contributed by atoms with Crippen LogP contribution in [-0.4, -0.2) is 55.5 Å². The summed E-state index contributed by atoms with van der Waals surface area (Å²) in [6, 6.07) is 0. The van der Waals surface area contributed by atoms with Crippen molar-refractivity contribution in [1.82, 2.24) is 10.3 Å². The fourth-order valence-electron chi connectivity index (χ4n) is 1.58. The number of nitrogens with zero attached hydrogens (tertiary/aromatic N) is 3. The molecule has 0 spiro atoms. The molecule has 13 heteroatoms. The summed E-state index contributed by atoms with van der Waals surface area (Å²) in [4.78, 5) is 29.0. The zero-order chi connectivity index (χ0) is 17.9. The molecule has 1 aliphatic heterocycles. The van der Waals surface area contributed by atoms with Crippen LogP contribution in [0.3, 0.4) is 0 Å². The highest BCUT2D eigenvalue weighted by molar-refractivity contribution is 7.85. The molecule has 1 aromatic heterocycles. The van der Waals surface area contributed by atoms with Gasteiger partial charge in [-0.1, -0.05) is 5.16 Å². The molecule has 1 fully saturated rings. The zero-order valence-electron chi connectivity index (χ0n) is 12.5. The lowest BCUT2D eigenvalue weighted by molar-refractivity contribution is -0.135. The Morgan fingerprint density at radius 2 is 2.29 bits per heavy atom. The van der Waals surface area contributed by atoms with Crippen LogP contribution in [0.5, 0.6) is 0 Å². The summed E-state index contributed by atoms with van der Waals surface area (Å²) in [6.07, 6.45) is 0.777. The summed E-state index contributed by atoms with van der Waals surface area (Å²) in [7, 11) is -3.92. The second kappa shape index (κ2) is 7.19. The molecule has 1 aliphatic rings. The van der Waals surface area contributed by atoms with E-state index in [4.69, 9.17) is 17.0 Å². The number of thiocarbonyl (C=S) groups is 1. The number of aromatic nitrogens is 1. The van der Waals surface area contributed by atoms with Crippen molar-refractivity contribution in [2.75, 3.05) is 24.3 Å². The molecule has 0 atom stereocenters. The quantitative estimate of drug-likeness (QED) is 0.298. The van der Waals surface area contributed by atoms with Gasteiger partial charge in [-0.3, -0.25) is 9.08 Å². The SMILES string of the molecule is CCOC(=O)/C(=N\OS(C)(=O)=O)c1csc(N2C(=O)CNC2=S)n1. The van der Waals surface area contributed by atoms with Gasteiger partial charge in [-0.2, -0.15) is 8.42 Å². The number of nitrogens with one attached hydrogen (secondary N) is 1. The fraction of sp³-hybridized carbons (Fsp3) is 0.364. The highest BCUT2D eigenvalue weighted by atomic mass is 32.2. The average Bonchev–Trinajstić information content (AvgIpc) is 3.05. The molecule has 1 amide bonds. The highest BCUT2D eigenvalue weighted by Gasteiger charge is 2.30. The number of rotatable bonds is 6. The maximum Gasteiger partial charge on any atom is 0.362 e. The van der Waals surface area contributed by atoms with Crippen LogP contribution in [-0.2, 0) is 28.7 Å². The molecule has 24 heavy (non-hydrogen) atoms. The molecule has 0 unspecified atom stereocenters. The normalized spacial score (nSPS) is 15.4. The minimum atomic E-state index is -3.92. The average molecular weight is 392 g/mol. The molecule has 1 N–H and O–H groups in total. The Morgan fingerprint density at radius 1 is 1.58 bits per heavy atom. The number of carbonyl (C=O) groups is 2. The van der Waals surface area contributed by atoms with Gasteiger partial charge in [0.2, 0.25) is 5.71 Å². The third kappa shape index (κ3) is 4.24. The molecule has 0 bridgehead atoms. The van der Waals surface area contributed by atoms with E-state index in [-0.39, 0.29) is 35.0 Å². The molecule has 0 aromatic carbocycles. The van der Waals surface area contributed by atoms with Gasteiger partial charge in [0.1, 0.15) is 5.69 Å². The van der Waals surface area contributed by atoms with Crippen LogP contribution in [0.1, 0.15) is 12.6 Å². The largest absolute Gasteiger partial charge is 0.461 e. The maximum atomic E-state index is 11.9. The van der Waals surface area contributed by atoms with Crippen LogP contribution in [0.2, 0.25) is 0 Å². The Hall–Kier alpha value is -2.12. The first-order valence-electron chi connectivity index (χ1n) is 6.43. The first kappa shape index (κ1) is 18.2. The topological polar surface area (TPSA) is 127 Å². The molecule has 2 heterocycles. The van der Waals surface area contributed by atoms with Gasteiger partial charge in [0, 0.05) is 5.38 Å². The van der Waals surface area contributed by atoms with Crippen molar-refractivity contribution in [1.29, 1.82) is 0 Å². The maximum absolute atomic E-state index is 11.9. The highest BCUT2D eigenvalue weighted by Crippen LogP contribution is 2.23. The van der Waals surface area contributed by atoms with E-state index in [1.807, 2.05) is 0 Å². The molecule has 0 saturated carbocycles. The minimum absolute atomic E-state index is 0.000370. The van der Waals surface area contributed by atoms with Crippen molar-refractivity contribution in [3.05, 3.63) is 11.1 Å². The van der Waals surface area contributed by atoms with E-state index < -0.39 is 21.8 Å². The van der Waals surface area contributed by atoms with E-state index in [2.05, 4.69) is 19.7 Å². The summed E-state index contributed by atoms with van der Waals surface area (Å²) >= 11 is 6.03. The Kier molecular flexibility index (Phi) is 5.46. The first-order valence-corrected chi connectivity index (χ1v) is 9.53. The third-order valence-electron chi connectivity index (χ3n) is 2.50. The van der Waals surface area contributed by atoms with E-state index >= 15 is 0 Å². The predicted molar refractivity (Wildman–Crippen MR) is 89.3 cm³/mol. The fourth-order valence-corrected chi connectivity index (χ4v) is 2.94. The second-order valence-electron chi connectivity index (χ2n) is 4.34. The smallest absolute Gasteiger partial charge is 0.362 e. The summed E-state index contributed by atoms with van der Waals surface area (Å²) in [5, 5.41) is 7.80. The van der Waals surface area contributed by atoms with E-state index in [1.165, 1.54) is 10.3 Å². The lowest BCUT2D eigenvalue weighted by Crippen LogP contribution is -2.30. The van der Waals surface area contributed by atoms with Gasteiger partial charge in [0.15, 0.2) is 10.2 Å². The van der Waals surface area contributed by atoms with Crippen LogP contribution in [0.25, 0.3) is 0 Å². The van der Waals surface area contributed by atoms with Gasteiger partial charge >= 0.3 is 16.1 Å². The van der Waals surface area contributed by atoms with E-state index in [9.17, 15) is 18.0 Å². The van der Waals surface area contributed by atoms with Crippen LogP contribution in [0, 0.1) is 0 Å². The monoisotopic (exact) mass is 392 g/mol. The van der Waals surface area contributed by atoms with Crippen molar-refractivity contribution in [3.63, 3.8) is 0 Å². The van der Waals surface area contributed by atoms with Gasteiger partial charge < -0.3 is 10.1 Å². The van der Waals surface area contributed by atoms with Crippen LogP contribution < -0.4 is 10.2 Å². The number of anilines is 1. The van der Waals surface area contributed by atoms with E-state index in [0.29, 0.717) is 0 Å². The standard InChI is InChI=1S/C11H12N4O6S3/c1-3-20-9(17)8(14-21-24(2,18)19)6-5-23-11(13-6)15-7(16)4-12-10(15)22/h5H,3-4H2,1-2H3,(H,12,22)/b14-8-.